The summed E-state index contributed by atoms with van der Waals surface area (Å²) in [5.41, 5.74) is 0.496. The first-order chi connectivity index (χ1) is 12.4. The normalized spacial score (nSPS) is 12.5. The fraction of sp³-hybridized carbons (Fsp3) is 0.222. The number of amides is 1. The fourth-order valence-corrected chi connectivity index (χ4v) is 3.52. The van der Waals surface area contributed by atoms with Gasteiger partial charge in [0.1, 0.15) is 5.01 Å². The standard InChI is InChI=1S/C18H16F3N3OS/c1-10(18-23-12-5-3-4-6-14(12)26-18)24(2)9-15(25)22-13-8-7-11(19)16(20)17(13)21/h3-8,10H,9H2,1-2H3,(H,22,25)/t10-/m1/s1. The fourth-order valence-electron chi connectivity index (χ4n) is 2.43. The van der Waals surface area contributed by atoms with E-state index in [-0.39, 0.29) is 12.6 Å². The van der Waals surface area contributed by atoms with E-state index in [0.717, 1.165) is 27.4 Å². The lowest BCUT2D eigenvalue weighted by Gasteiger charge is -2.22. The maximum Gasteiger partial charge on any atom is 0.238 e. The summed E-state index contributed by atoms with van der Waals surface area (Å²) in [5.74, 6) is -4.87. The molecule has 0 radical (unpaired) electrons. The van der Waals surface area contributed by atoms with Gasteiger partial charge in [-0.25, -0.2) is 18.2 Å². The van der Waals surface area contributed by atoms with Crippen molar-refractivity contribution in [1.82, 2.24) is 9.88 Å². The van der Waals surface area contributed by atoms with Crippen molar-refractivity contribution in [3.63, 3.8) is 0 Å². The lowest BCUT2D eigenvalue weighted by molar-refractivity contribution is -0.117. The monoisotopic (exact) mass is 379 g/mol. The van der Waals surface area contributed by atoms with Crippen molar-refractivity contribution >= 4 is 33.1 Å². The number of anilines is 1. The second kappa shape index (κ2) is 7.43. The van der Waals surface area contributed by atoms with Crippen LogP contribution >= 0.6 is 11.3 Å². The van der Waals surface area contributed by atoms with Crippen LogP contribution in [0.4, 0.5) is 18.9 Å². The first-order valence-corrected chi connectivity index (χ1v) is 8.67. The molecule has 3 aromatic rings. The van der Waals surface area contributed by atoms with E-state index in [1.807, 2.05) is 31.2 Å². The number of halogens is 3. The van der Waals surface area contributed by atoms with Crippen molar-refractivity contribution in [2.45, 2.75) is 13.0 Å². The summed E-state index contributed by atoms with van der Waals surface area (Å²) < 4.78 is 40.9. The molecular formula is C18H16F3N3OS. The van der Waals surface area contributed by atoms with Gasteiger partial charge in [0.15, 0.2) is 17.5 Å². The SMILES string of the molecule is C[C@H](c1nc2ccccc2s1)N(C)CC(=O)Nc1ccc(F)c(F)c1F. The van der Waals surface area contributed by atoms with Crippen molar-refractivity contribution in [1.29, 1.82) is 0 Å². The third-order valence-corrected chi connectivity index (χ3v) is 5.24. The van der Waals surface area contributed by atoms with Gasteiger partial charge in [0.25, 0.3) is 0 Å². The quantitative estimate of drug-likeness (QED) is 0.671. The minimum absolute atomic E-state index is 0.0600. The zero-order valence-electron chi connectivity index (χ0n) is 14.1. The summed E-state index contributed by atoms with van der Waals surface area (Å²) in [7, 11) is 1.73. The number of thiazole rings is 1. The molecule has 0 saturated carbocycles. The number of benzene rings is 2. The Bertz CT molecular complexity index is 927. The van der Waals surface area contributed by atoms with Crippen LogP contribution in [0.5, 0.6) is 0 Å². The number of hydrogen-bond donors (Lipinski definition) is 1. The van der Waals surface area contributed by atoms with Gasteiger partial charge in [-0.3, -0.25) is 9.69 Å². The number of likely N-dealkylation sites (N-methyl/N-ethyl adjacent to an activating group) is 1. The molecule has 3 rings (SSSR count). The molecule has 26 heavy (non-hydrogen) atoms. The molecule has 0 unspecified atom stereocenters. The molecular weight excluding hydrogens is 363 g/mol. The molecule has 4 nitrogen and oxygen atoms in total. The second-order valence-electron chi connectivity index (χ2n) is 5.88. The molecule has 0 aliphatic rings. The highest BCUT2D eigenvalue weighted by molar-refractivity contribution is 7.18. The summed E-state index contributed by atoms with van der Waals surface area (Å²) in [5, 5.41) is 3.11. The molecule has 0 fully saturated rings. The summed E-state index contributed by atoms with van der Waals surface area (Å²) in [4.78, 5) is 18.4. The Morgan fingerprint density at radius 2 is 1.92 bits per heavy atom. The van der Waals surface area contributed by atoms with Crippen LogP contribution in [0.3, 0.4) is 0 Å². The van der Waals surface area contributed by atoms with E-state index < -0.39 is 29.0 Å². The number of para-hydroxylation sites is 1. The van der Waals surface area contributed by atoms with Crippen LogP contribution in [0.2, 0.25) is 0 Å². The highest BCUT2D eigenvalue weighted by Gasteiger charge is 2.20. The molecule has 1 aromatic heterocycles. The average Bonchev–Trinajstić information content (AvgIpc) is 3.05. The molecule has 0 saturated heterocycles. The number of nitrogens with zero attached hydrogens (tertiary/aromatic N) is 2. The number of carbonyl (C=O) groups is 1. The molecule has 1 atom stereocenters. The maximum atomic E-state index is 13.7. The van der Waals surface area contributed by atoms with Crippen LogP contribution in [0, 0.1) is 17.5 Å². The first-order valence-electron chi connectivity index (χ1n) is 7.86. The van der Waals surface area contributed by atoms with Crippen molar-refractivity contribution in [2.75, 3.05) is 18.9 Å². The highest BCUT2D eigenvalue weighted by atomic mass is 32.1. The van der Waals surface area contributed by atoms with Gasteiger partial charge in [-0.05, 0) is 38.2 Å². The number of aromatic nitrogens is 1. The molecule has 8 heteroatoms. The topological polar surface area (TPSA) is 45.2 Å². The van der Waals surface area contributed by atoms with E-state index in [0.29, 0.717) is 0 Å². The molecule has 1 N–H and O–H groups in total. The summed E-state index contributed by atoms with van der Waals surface area (Å²) in [6.45, 7) is 1.85. The van der Waals surface area contributed by atoms with Gasteiger partial charge in [-0.2, -0.15) is 0 Å². The summed E-state index contributed by atoms with van der Waals surface area (Å²) in [6.07, 6.45) is 0. The summed E-state index contributed by atoms with van der Waals surface area (Å²) >= 11 is 1.54. The number of fused-ring (bicyclic) bond motifs is 1. The molecule has 0 spiro atoms. The van der Waals surface area contributed by atoms with Gasteiger partial charge in [0.05, 0.1) is 28.5 Å². The van der Waals surface area contributed by atoms with E-state index in [1.165, 1.54) is 11.3 Å². The number of rotatable bonds is 5. The predicted octanol–water partition coefficient (Wildman–Crippen LogP) is 4.35. The Morgan fingerprint density at radius 3 is 2.65 bits per heavy atom. The van der Waals surface area contributed by atoms with Crippen molar-refractivity contribution < 1.29 is 18.0 Å². The van der Waals surface area contributed by atoms with Gasteiger partial charge < -0.3 is 5.32 Å². The lowest BCUT2D eigenvalue weighted by atomic mass is 10.2. The van der Waals surface area contributed by atoms with Crippen molar-refractivity contribution in [3.8, 4) is 0 Å². The molecule has 2 aromatic carbocycles. The van der Waals surface area contributed by atoms with Gasteiger partial charge >= 0.3 is 0 Å². The van der Waals surface area contributed by atoms with E-state index in [2.05, 4.69) is 10.3 Å². The van der Waals surface area contributed by atoms with E-state index in [4.69, 9.17) is 0 Å². The largest absolute Gasteiger partial charge is 0.322 e. The Morgan fingerprint density at radius 1 is 1.19 bits per heavy atom. The van der Waals surface area contributed by atoms with Crippen LogP contribution < -0.4 is 5.32 Å². The van der Waals surface area contributed by atoms with Gasteiger partial charge in [0, 0.05) is 0 Å². The third-order valence-electron chi connectivity index (χ3n) is 4.03. The van der Waals surface area contributed by atoms with Crippen molar-refractivity contribution in [2.24, 2.45) is 0 Å². The van der Waals surface area contributed by atoms with Crippen LogP contribution in [0.15, 0.2) is 36.4 Å². The second-order valence-corrected chi connectivity index (χ2v) is 6.94. The Kier molecular flexibility index (Phi) is 5.24. The highest BCUT2D eigenvalue weighted by Crippen LogP contribution is 2.28. The van der Waals surface area contributed by atoms with E-state index in [9.17, 15) is 18.0 Å². The van der Waals surface area contributed by atoms with Crippen LogP contribution in [0.25, 0.3) is 10.2 Å². The Balaban J connectivity index is 1.68. The van der Waals surface area contributed by atoms with Gasteiger partial charge in [0.2, 0.25) is 5.91 Å². The number of hydrogen-bond acceptors (Lipinski definition) is 4. The predicted molar refractivity (Wildman–Crippen MR) is 95.6 cm³/mol. The minimum atomic E-state index is -1.61. The van der Waals surface area contributed by atoms with E-state index in [1.54, 1.807) is 11.9 Å². The summed E-state index contributed by atoms with van der Waals surface area (Å²) in [6, 6.07) is 9.34. The number of nitrogens with one attached hydrogen (secondary N) is 1. The van der Waals surface area contributed by atoms with Gasteiger partial charge in [-0.1, -0.05) is 12.1 Å². The van der Waals surface area contributed by atoms with E-state index >= 15 is 0 Å². The third kappa shape index (κ3) is 3.71. The van der Waals surface area contributed by atoms with Crippen molar-refractivity contribution in [3.05, 3.63) is 58.9 Å². The lowest BCUT2D eigenvalue weighted by Crippen LogP contribution is -2.32. The zero-order valence-corrected chi connectivity index (χ0v) is 14.9. The molecule has 0 bridgehead atoms. The van der Waals surface area contributed by atoms with Crippen LogP contribution in [-0.4, -0.2) is 29.4 Å². The molecule has 1 amide bonds. The smallest absolute Gasteiger partial charge is 0.238 e. The number of carbonyl (C=O) groups excluding carboxylic acids is 1. The van der Waals surface area contributed by atoms with Crippen LogP contribution in [0.1, 0.15) is 18.0 Å². The molecule has 0 aliphatic carbocycles. The molecule has 1 heterocycles. The van der Waals surface area contributed by atoms with Gasteiger partial charge in [-0.15, -0.1) is 11.3 Å². The Hall–Kier alpha value is -2.45. The zero-order chi connectivity index (χ0) is 18.8. The van der Waals surface area contributed by atoms with Crippen LogP contribution in [-0.2, 0) is 4.79 Å². The first kappa shape index (κ1) is 18.3. The minimum Gasteiger partial charge on any atom is -0.322 e. The molecule has 0 aliphatic heterocycles. The Labute approximate surface area is 152 Å². The maximum absolute atomic E-state index is 13.7. The molecule has 136 valence electrons. The average molecular weight is 379 g/mol.